The first-order valence-corrected chi connectivity index (χ1v) is 8.42. The van der Waals surface area contributed by atoms with Crippen LogP contribution in [-0.2, 0) is 5.41 Å². The third kappa shape index (κ3) is 2.96. The Morgan fingerprint density at radius 2 is 1.76 bits per heavy atom. The molecule has 0 spiro atoms. The standard InChI is InChI=1S/C19H30N2/c1-14-12-20-19(5,16-6-7-16)13-21(14)17-10-8-15(9-11-17)18(2,3)4/h8-11,14,16,20H,6-7,12-13H2,1-5H3. The lowest BCUT2D eigenvalue weighted by Gasteiger charge is -2.47. The summed E-state index contributed by atoms with van der Waals surface area (Å²) in [4.78, 5) is 2.60. The second kappa shape index (κ2) is 5.01. The summed E-state index contributed by atoms with van der Waals surface area (Å²) in [5, 5.41) is 3.80. The third-order valence-corrected chi connectivity index (χ3v) is 5.38. The molecule has 1 aliphatic heterocycles. The van der Waals surface area contributed by atoms with Crippen molar-refractivity contribution in [2.45, 2.75) is 64.5 Å². The Morgan fingerprint density at radius 1 is 1.14 bits per heavy atom. The van der Waals surface area contributed by atoms with Crippen LogP contribution in [0.2, 0.25) is 0 Å². The Bertz CT molecular complexity index is 495. The summed E-state index contributed by atoms with van der Waals surface area (Å²) in [5.74, 6) is 0.876. The van der Waals surface area contributed by atoms with Crippen LogP contribution in [-0.4, -0.2) is 24.7 Å². The monoisotopic (exact) mass is 286 g/mol. The van der Waals surface area contributed by atoms with Crippen LogP contribution in [0.25, 0.3) is 0 Å². The topological polar surface area (TPSA) is 15.3 Å². The van der Waals surface area contributed by atoms with E-state index < -0.39 is 0 Å². The van der Waals surface area contributed by atoms with Gasteiger partial charge in [-0.05, 0) is 55.7 Å². The van der Waals surface area contributed by atoms with Gasteiger partial charge in [0.1, 0.15) is 0 Å². The van der Waals surface area contributed by atoms with Crippen molar-refractivity contribution in [3.63, 3.8) is 0 Å². The van der Waals surface area contributed by atoms with Gasteiger partial charge in [-0.15, -0.1) is 0 Å². The zero-order chi connectivity index (χ0) is 15.3. The highest BCUT2D eigenvalue weighted by molar-refractivity contribution is 5.50. The van der Waals surface area contributed by atoms with Crippen LogP contribution in [0.4, 0.5) is 5.69 Å². The molecule has 0 bridgehead atoms. The van der Waals surface area contributed by atoms with Gasteiger partial charge >= 0.3 is 0 Å². The predicted molar refractivity (Wildman–Crippen MR) is 91.1 cm³/mol. The number of rotatable bonds is 2. The fourth-order valence-corrected chi connectivity index (χ4v) is 3.55. The zero-order valence-electron chi connectivity index (χ0n) is 14.2. The second-order valence-corrected chi connectivity index (χ2v) is 8.35. The van der Waals surface area contributed by atoms with Gasteiger partial charge in [-0.3, -0.25) is 0 Å². The van der Waals surface area contributed by atoms with E-state index in [9.17, 15) is 0 Å². The maximum atomic E-state index is 3.80. The number of hydrogen-bond donors (Lipinski definition) is 1. The molecule has 2 nitrogen and oxygen atoms in total. The van der Waals surface area contributed by atoms with Crippen molar-refractivity contribution < 1.29 is 0 Å². The molecule has 0 aromatic heterocycles. The summed E-state index contributed by atoms with van der Waals surface area (Å²) in [6.45, 7) is 13.8. The van der Waals surface area contributed by atoms with E-state index in [0.29, 0.717) is 11.6 Å². The van der Waals surface area contributed by atoms with E-state index in [4.69, 9.17) is 0 Å². The largest absolute Gasteiger partial charge is 0.366 e. The highest BCUT2D eigenvalue weighted by Crippen LogP contribution is 2.42. The van der Waals surface area contributed by atoms with Crippen LogP contribution in [0.15, 0.2) is 24.3 Å². The van der Waals surface area contributed by atoms with Gasteiger partial charge in [0.15, 0.2) is 0 Å². The number of anilines is 1. The van der Waals surface area contributed by atoms with Gasteiger partial charge in [-0.2, -0.15) is 0 Å². The van der Waals surface area contributed by atoms with Crippen LogP contribution >= 0.6 is 0 Å². The first-order valence-electron chi connectivity index (χ1n) is 8.42. The smallest absolute Gasteiger partial charge is 0.0387 e. The zero-order valence-corrected chi connectivity index (χ0v) is 14.2. The van der Waals surface area contributed by atoms with E-state index >= 15 is 0 Å². The fraction of sp³-hybridized carbons (Fsp3) is 0.684. The van der Waals surface area contributed by atoms with Crippen LogP contribution < -0.4 is 10.2 Å². The molecular formula is C19H30N2. The summed E-state index contributed by atoms with van der Waals surface area (Å²) in [6, 6.07) is 9.81. The number of nitrogens with zero attached hydrogens (tertiary/aromatic N) is 1. The number of nitrogens with one attached hydrogen (secondary N) is 1. The average Bonchev–Trinajstić information content (AvgIpc) is 3.26. The minimum Gasteiger partial charge on any atom is -0.366 e. The van der Waals surface area contributed by atoms with Crippen molar-refractivity contribution in [3.8, 4) is 0 Å². The molecule has 0 radical (unpaired) electrons. The fourth-order valence-electron chi connectivity index (χ4n) is 3.55. The van der Waals surface area contributed by atoms with Gasteiger partial charge in [0.2, 0.25) is 0 Å². The summed E-state index contributed by atoms with van der Waals surface area (Å²) >= 11 is 0. The molecule has 2 atom stereocenters. The van der Waals surface area contributed by atoms with E-state index in [1.807, 2.05) is 0 Å². The molecule has 1 saturated carbocycles. The van der Waals surface area contributed by atoms with Gasteiger partial charge in [0, 0.05) is 30.4 Å². The highest BCUT2D eigenvalue weighted by atomic mass is 15.3. The van der Waals surface area contributed by atoms with Crippen LogP contribution in [0.5, 0.6) is 0 Å². The summed E-state index contributed by atoms with van der Waals surface area (Å²) in [6.07, 6.45) is 2.80. The Morgan fingerprint density at radius 3 is 2.29 bits per heavy atom. The lowest BCUT2D eigenvalue weighted by Crippen LogP contribution is -2.63. The quantitative estimate of drug-likeness (QED) is 0.885. The Hall–Kier alpha value is -1.02. The SMILES string of the molecule is CC1CNC(C)(C2CC2)CN1c1ccc(C(C)(C)C)cc1. The molecular weight excluding hydrogens is 256 g/mol. The minimum absolute atomic E-state index is 0.232. The molecule has 1 heterocycles. The maximum absolute atomic E-state index is 3.80. The molecule has 2 fully saturated rings. The minimum atomic E-state index is 0.232. The number of piperazine rings is 1. The second-order valence-electron chi connectivity index (χ2n) is 8.35. The summed E-state index contributed by atoms with van der Waals surface area (Å²) < 4.78 is 0. The molecule has 116 valence electrons. The van der Waals surface area contributed by atoms with E-state index in [-0.39, 0.29) is 5.41 Å². The van der Waals surface area contributed by atoms with Crippen LogP contribution in [0.3, 0.4) is 0 Å². The van der Waals surface area contributed by atoms with Crippen molar-refractivity contribution >= 4 is 5.69 Å². The summed E-state index contributed by atoms with van der Waals surface area (Å²) in [5.41, 5.74) is 3.33. The lowest BCUT2D eigenvalue weighted by molar-refractivity contribution is 0.261. The molecule has 1 aliphatic carbocycles. The van der Waals surface area contributed by atoms with Gasteiger partial charge < -0.3 is 10.2 Å². The third-order valence-electron chi connectivity index (χ3n) is 5.38. The first-order chi connectivity index (χ1) is 9.79. The molecule has 3 rings (SSSR count). The van der Waals surface area contributed by atoms with Crippen molar-refractivity contribution in [3.05, 3.63) is 29.8 Å². The van der Waals surface area contributed by atoms with Gasteiger partial charge in [0.05, 0.1) is 0 Å². The van der Waals surface area contributed by atoms with E-state index in [2.05, 4.69) is 69.1 Å². The maximum Gasteiger partial charge on any atom is 0.0387 e. The van der Waals surface area contributed by atoms with Crippen molar-refractivity contribution in [1.82, 2.24) is 5.32 Å². The molecule has 2 aliphatic rings. The Balaban J connectivity index is 1.81. The van der Waals surface area contributed by atoms with Crippen molar-refractivity contribution in [1.29, 1.82) is 0 Å². The molecule has 1 aromatic carbocycles. The van der Waals surface area contributed by atoms with Gasteiger partial charge in [-0.1, -0.05) is 32.9 Å². The first kappa shape index (κ1) is 14.9. The van der Waals surface area contributed by atoms with E-state index in [1.54, 1.807) is 0 Å². The average molecular weight is 286 g/mol. The normalized spacial score (nSPS) is 30.5. The number of hydrogen-bond acceptors (Lipinski definition) is 2. The molecule has 2 heteroatoms. The molecule has 2 unspecified atom stereocenters. The molecule has 0 amide bonds. The van der Waals surface area contributed by atoms with E-state index in [1.165, 1.54) is 24.1 Å². The van der Waals surface area contributed by atoms with Crippen LogP contribution in [0, 0.1) is 5.92 Å². The molecule has 1 N–H and O–H groups in total. The van der Waals surface area contributed by atoms with Crippen molar-refractivity contribution in [2.24, 2.45) is 5.92 Å². The Labute approximate surface area is 129 Å². The molecule has 1 aromatic rings. The van der Waals surface area contributed by atoms with Crippen LogP contribution in [0.1, 0.15) is 53.0 Å². The summed E-state index contributed by atoms with van der Waals surface area (Å²) in [7, 11) is 0. The molecule has 21 heavy (non-hydrogen) atoms. The predicted octanol–water partition coefficient (Wildman–Crippen LogP) is 3.95. The number of benzene rings is 1. The highest BCUT2D eigenvalue weighted by Gasteiger charge is 2.45. The van der Waals surface area contributed by atoms with Gasteiger partial charge in [0.25, 0.3) is 0 Å². The van der Waals surface area contributed by atoms with Gasteiger partial charge in [-0.25, -0.2) is 0 Å². The van der Waals surface area contributed by atoms with Crippen molar-refractivity contribution in [2.75, 3.05) is 18.0 Å². The molecule has 1 saturated heterocycles. The van der Waals surface area contributed by atoms with E-state index in [0.717, 1.165) is 19.0 Å². The Kier molecular flexibility index (Phi) is 3.56. The lowest BCUT2D eigenvalue weighted by atomic mass is 9.86.